The summed E-state index contributed by atoms with van der Waals surface area (Å²) in [5, 5.41) is 28.3. The van der Waals surface area contributed by atoms with Crippen molar-refractivity contribution in [2.24, 2.45) is 17.2 Å². The van der Waals surface area contributed by atoms with Gasteiger partial charge in [-0.2, -0.15) is 0 Å². The Hall–Kier alpha value is -9.36. The number of aromatic hydroxyl groups is 1. The van der Waals surface area contributed by atoms with E-state index in [0.717, 1.165) is 36.4 Å². The molecule has 9 N–H and O–H groups in total. The van der Waals surface area contributed by atoms with E-state index in [1.165, 1.54) is 82.9 Å². The minimum absolute atomic E-state index is 0.0175. The fourth-order valence-electron chi connectivity index (χ4n) is 5.99. The molecule has 0 aliphatic rings. The number of ether oxygens (including phenoxy) is 6. The van der Waals surface area contributed by atoms with Gasteiger partial charge in [-0.15, -0.1) is 0 Å². The molecule has 0 aliphatic carbocycles. The van der Waals surface area contributed by atoms with Gasteiger partial charge in [0.2, 0.25) is 0 Å². The number of carbonyl (C=O) groups is 7. The lowest BCUT2D eigenvalue weighted by atomic mass is 9.92. The molecular formula is C52H48ClF5N4O16. The van der Waals surface area contributed by atoms with Crippen molar-refractivity contribution < 1.29 is 99.3 Å². The number of rotatable bonds is 19. The van der Waals surface area contributed by atoms with Crippen LogP contribution in [0.25, 0.3) is 11.3 Å². The number of carboxylic acid groups (broad SMARTS) is 1. The highest BCUT2D eigenvalue weighted by molar-refractivity contribution is 6.31. The van der Waals surface area contributed by atoms with Crippen LogP contribution < -0.4 is 36.1 Å². The molecule has 0 aliphatic heterocycles. The predicted molar refractivity (Wildman–Crippen MR) is 265 cm³/mol. The zero-order valence-electron chi connectivity index (χ0n) is 41.4. The molecule has 6 rings (SSSR count). The Kier molecular flexibility index (Phi) is 23.9. The van der Waals surface area contributed by atoms with Crippen molar-refractivity contribution in [3.63, 3.8) is 0 Å². The van der Waals surface area contributed by atoms with E-state index in [0.29, 0.717) is 17.0 Å². The van der Waals surface area contributed by atoms with Crippen molar-refractivity contribution in [3.8, 4) is 40.0 Å². The molecular weight excluding hydrogens is 1070 g/mol. The molecule has 20 nitrogen and oxygen atoms in total. The second-order valence-corrected chi connectivity index (χ2v) is 16.1. The second-order valence-electron chi connectivity index (χ2n) is 15.7. The molecule has 1 unspecified atom stereocenters. The number of methoxy groups -OCH3 is 3. The van der Waals surface area contributed by atoms with E-state index < -0.39 is 102 Å². The molecule has 0 bridgehead atoms. The van der Waals surface area contributed by atoms with Crippen LogP contribution >= 0.6 is 11.6 Å². The van der Waals surface area contributed by atoms with Crippen molar-refractivity contribution in [3.05, 3.63) is 165 Å². The fraction of sp³-hybridized carbons (Fsp3) is 0.192. The lowest BCUT2D eigenvalue weighted by Gasteiger charge is -2.24. The summed E-state index contributed by atoms with van der Waals surface area (Å²) in [7, 11) is 3.84. The van der Waals surface area contributed by atoms with Crippen LogP contribution in [0.15, 0.2) is 103 Å². The maximum absolute atomic E-state index is 14.2. The lowest BCUT2D eigenvalue weighted by molar-refractivity contribution is -0.120. The second kappa shape index (κ2) is 29.7. The number of hydrogen-bond donors (Lipinski definition) is 6. The van der Waals surface area contributed by atoms with Gasteiger partial charge in [-0.05, 0) is 116 Å². The molecule has 3 amide bonds. The van der Waals surface area contributed by atoms with E-state index in [1.807, 2.05) is 0 Å². The molecule has 26 heteroatoms. The number of carboxylic acids is 1. The molecule has 0 saturated carbocycles. The molecule has 0 radical (unpaired) electrons. The van der Waals surface area contributed by atoms with Crippen LogP contribution in [0, 0.1) is 29.1 Å². The molecule has 1 heterocycles. The van der Waals surface area contributed by atoms with E-state index in [-0.39, 0.29) is 63.1 Å². The van der Waals surface area contributed by atoms with E-state index in [4.69, 9.17) is 58.0 Å². The van der Waals surface area contributed by atoms with Gasteiger partial charge in [0.15, 0.2) is 71.9 Å². The third-order valence-corrected chi connectivity index (χ3v) is 10.2. The first-order valence-electron chi connectivity index (χ1n) is 22.0. The van der Waals surface area contributed by atoms with Crippen molar-refractivity contribution in [1.29, 1.82) is 0 Å². The molecule has 0 fully saturated rings. The number of nitrogens with two attached hydrogens (primary N) is 3. The fourth-order valence-corrected chi connectivity index (χ4v) is 6.17. The Morgan fingerprint density at radius 3 is 1.41 bits per heavy atom. The van der Waals surface area contributed by atoms with Crippen LogP contribution in [0.5, 0.6) is 28.7 Å². The van der Waals surface area contributed by atoms with Gasteiger partial charge in [-0.25, -0.2) is 41.3 Å². The lowest BCUT2D eigenvalue weighted by Crippen LogP contribution is -2.24. The number of phenolic OH excluding ortho intramolecular Hbond substituents is 1. The van der Waals surface area contributed by atoms with Gasteiger partial charge in [-0.1, -0.05) is 11.6 Å². The van der Waals surface area contributed by atoms with E-state index in [9.17, 15) is 60.6 Å². The van der Waals surface area contributed by atoms with Crippen LogP contribution in [-0.4, -0.2) is 103 Å². The summed E-state index contributed by atoms with van der Waals surface area (Å²) in [4.78, 5) is 80.9. The Bertz CT molecular complexity index is 3170. The number of aromatic nitrogens is 1. The number of phenols is 1. The number of halogens is 6. The average molecular weight is 1120 g/mol. The van der Waals surface area contributed by atoms with Crippen molar-refractivity contribution in [2.75, 3.05) is 41.2 Å². The largest absolute Gasteiger partial charge is 0.505 e. The summed E-state index contributed by atoms with van der Waals surface area (Å²) in [6.07, 6.45) is -0.129. The molecule has 0 saturated heterocycles. The summed E-state index contributed by atoms with van der Waals surface area (Å²) in [6.45, 7) is 0.129. The third kappa shape index (κ3) is 19.4. The number of carbonyl (C=O) groups excluding carboxylic acids is 6. The first-order chi connectivity index (χ1) is 36.7. The number of esters is 2. The van der Waals surface area contributed by atoms with Crippen molar-refractivity contribution in [2.45, 2.75) is 25.4 Å². The molecule has 1 aromatic heterocycles. The van der Waals surface area contributed by atoms with Gasteiger partial charge in [0.05, 0.1) is 48.7 Å². The number of hydrogen-bond acceptors (Lipinski definition) is 16. The van der Waals surface area contributed by atoms with Gasteiger partial charge in [0.25, 0.3) is 17.7 Å². The number of aliphatic hydroxyl groups is 1. The maximum Gasteiger partial charge on any atom is 0.337 e. The van der Waals surface area contributed by atoms with Crippen molar-refractivity contribution >= 4 is 53.0 Å². The van der Waals surface area contributed by atoms with Crippen molar-refractivity contribution in [1.82, 2.24) is 4.98 Å². The average Bonchev–Trinajstić information content (AvgIpc) is 3.40. The SMILES string of the molecule is COC(=O)c1ccc(O)c(F)c1.COC(=O)c1ccc(OCC(N)=O)c(F)c1.COc1ccc(C(C)(O)CCC(=O)c2ccc(OCC(N)=O)c(F)c2)nc1-c1ccc(F)c(Cl)c1.NC(=O)COc1ccc(C(=O)O)cc1F. The monoisotopic (exact) mass is 1110 g/mol. The van der Waals surface area contributed by atoms with Crippen LogP contribution in [0.4, 0.5) is 22.0 Å². The molecule has 78 heavy (non-hydrogen) atoms. The zero-order chi connectivity index (χ0) is 58.4. The topological polar surface area (TPSA) is 327 Å². The van der Waals surface area contributed by atoms with E-state index >= 15 is 0 Å². The number of nitrogens with zero attached hydrogens (tertiary/aromatic N) is 1. The number of aromatic carboxylic acids is 1. The number of primary amides is 3. The smallest absolute Gasteiger partial charge is 0.337 e. The molecule has 414 valence electrons. The summed E-state index contributed by atoms with van der Waals surface area (Å²) >= 11 is 5.90. The third-order valence-electron chi connectivity index (χ3n) is 9.93. The Labute approximate surface area is 445 Å². The molecule has 0 spiro atoms. The van der Waals surface area contributed by atoms with Crippen LogP contribution in [-0.2, 0) is 29.5 Å². The van der Waals surface area contributed by atoms with Crippen LogP contribution in [0.2, 0.25) is 5.02 Å². The highest BCUT2D eigenvalue weighted by Gasteiger charge is 2.28. The van der Waals surface area contributed by atoms with E-state index in [2.05, 4.69) is 14.5 Å². The van der Waals surface area contributed by atoms with Gasteiger partial charge in [-0.3, -0.25) is 19.2 Å². The van der Waals surface area contributed by atoms with Gasteiger partial charge < -0.3 is 60.9 Å². The number of amides is 3. The maximum atomic E-state index is 14.2. The number of benzene rings is 5. The van der Waals surface area contributed by atoms with E-state index in [1.54, 1.807) is 12.1 Å². The highest BCUT2D eigenvalue weighted by atomic mass is 35.5. The zero-order valence-corrected chi connectivity index (χ0v) is 42.2. The summed E-state index contributed by atoms with van der Waals surface area (Å²) in [5.74, 6) is -9.65. The minimum atomic E-state index is -1.52. The summed E-state index contributed by atoms with van der Waals surface area (Å²) in [6, 6.07) is 20.7. The summed E-state index contributed by atoms with van der Waals surface area (Å²) < 4.78 is 95.3. The first kappa shape index (κ1) is 62.9. The quantitative estimate of drug-likeness (QED) is 0.0282. The Balaban J connectivity index is 0.000000308. The highest BCUT2D eigenvalue weighted by Crippen LogP contribution is 2.35. The summed E-state index contributed by atoms with van der Waals surface area (Å²) in [5.41, 5.74) is 14.2. The Morgan fingerprint density at radius 1 is 0.564 bits per heavy atom. The molecule has 5 aromatic carbocycles. The number of pyridine rings is 1. The first-order valence-corrected chi connectivity index (χ1v) is 22.4. The van der Waals surface area contributed by atoms with Gasteiger partial charge >= 0.3 is 17.9 Å². The Morgan fingerprint density at radius 2 is 0.987 bits per heavy atom. The van der Waals surface area contributed by atoms with Gasteiger partial charge in [0, 0.05) is 17.5 Å². The van der Waals surface area contributed by atoms with Crippen LogP contribution in [0.3, 0.4) is 0 Å². The standard InChI is InChI=1S/C25H23ClF2N2O5.C10H10FNO4.C9H8FNO4.C8H7FO3/c1-25(33,10-9-19(31)14-4-6-20(18(28)12-14)35-13-23(29)32)22-8-7-21(34-2)24(30-22)15-3-5-17(27)16(26)11-15;1-15-10(14)6-2-3-8(7(11)4-6)16-5-9(12)13;10-6-3-5(9(13)14)1-2-7(6)15-4-8(11)12;1-12-8(11)5-2-3-7(10)6(9)4-5/h3-8,11-12,33H,9-10,13H2,1-2H3,(H2,29,32);2-4H,5H2,1H3,(H2,12,13);1-3H,4H2,(H2,11,12)(H,13,14);2-4,10H,1H3. The molecule has 1 atom stereocenters. The molecule has 6 aromatic rings. The normalized spacial score (nSPS) is 11.0. The predicted octanol–water partition coefficient (Wildman–Crippen LogP) is 6.61. The van der Waals surface area contributed by atoms with Crippen LogP contribution in [0.1, 0.15) is 66.9 Å². The minimum Gasteiger partial charge on any atom is -0.505 e. The van der Waals surface area contributed by atoms with Gasteiger partial charge in [0.1, 0.15) is 22.9 Å². The number of Topliss-reactive ketones (excluding diaryl/α,β-unsaturated/α-hetero) is 1. The number of ketones is 1.